The number of thiophene rings is 1. The Kier molecular flexibility index (Phi) is 16.0. The van der Waals surface area contributed by atoms with Crippen molar-refractivity contribution >= 4 is 44.1 Å². The minimum Gasteiger partial charge on any atom is -0.494 e. The average molecular weight is 702 g/mol. The first-order chi connectivity index (χ1) is 24.6. The van der Waals surface area contributed by atoms with Gasteiger partial charge in [-0.05, 0) is 73.0 Å². The monoisotopic (exact) mass is 701 g/mol. The zero-order valence-corrected chi connectivity index (χ0v) is 31.2. The van der Waals surface area contributed by atoms with Gasteiger partial charge in [-0.3, -0.25) is 9.69 Å². The lowest BCUT2D eigenvalue weighted by Gasteiger charge is -2.36. The molecule has 1 fully saturated rings. The Labute approximate surface area is 303 Å². The van der Waals surface area contributed by atoms with E-state index in [1.54, 1.807) is 12.1 Å². The summed E-state index contributed by atoms with van der Waals surface area (Å²) < 4.78 is 14.1. The number of nitrogens with zero attached hydrogens (tertiary/aromatic N) is 3. The molecule has 4 aromatic rings. The van der Waals surface area contributed by atoms with Crippen LogP contribution in [0.3, 0.4) is 0 Å². The Morgan fingerprint density at radius 3 is 2.10 bits per heavy atom. The van der Waals surface area contributed by atoms with Crippen molar-refractivity contribution in [1.29, 1.82) is 0 Å². The molecule has 2 aromatic heterocycles. The second kappa shape index (κ2) is 21.1. The van der Waals surface area contributed by atoms with Gasteiger partial charge in [-0.1, -0.05) is 96.5 Å². The van der Waals surface area contributed by atoms with E-state index in [-0.39, 0.29) is 5.56 Å². The van der Waals surface area contributed by atoms with Gasteiger partial charge in [-0.15, -0.1) is 11.3 Å². The predicted octanol–water partition coefficient (Wildman–Crippen LogP) is 10.7. The van der Waals surface area contributed by atoms with Gasteiger partial charge < -0.3 is 14.4 Å². The van der Waals surface area contributed by atoms with E-state index in [1.807, 2.05) is 23.5 Å². The van der Waals surface area contributed by atoms with Crippen molar-refractivity contribution in [3.8, 4) is 5.75 Å². The molecule has 50 heavy (non-hydrogen) atoms. The predicted molar refractivity (Wildman–Crippen MR) is 210 cm³/mol. The number of hydrogen-bond donors (Lipinski definition) is 0. The fourth-order valence-corrected chi connectivity index (χ4v) is 7.91. The highest BCUT2D eigenvalue weighted by molar-refractivity contribution is 7.17. The summed E-state index contributed by atoms with van der Waals surface area (Å²) in [5.74, 6) is 0.660. The molecule has 1 saturated heterocycles. The molecule has 272 valence electrons. The van der Waals surface area contributed by atoms with Crippen LogP contribution in [0.15, 0.2) is 64.8 Å². The Hall–Kier alpha value is -3.36. The Balaban J connectivity index is 0.954. The second-order valence-electron chi connectivity index (χ2n) is 13.9. The lowest BCUT2D eigenvalue weighted by Crippen LogP contribution is -2.46. The number of rotatable bonds is 22. The number of unbranched alkanes of at least 4 members (excludes halogenated alkanes) is 14. The summed E-state index contributed by atoms with van der Waals surface area (Å²) in [6, 6.07) is 17.6. The number of hydrogen-bond acceptors (Lipinski definition) is 7. The highest BCUT2D eigenvalue weighted by Gasteiger charge is 2.19. The molecule has 0 radical (unpaired) electrons. The van der Waals surface area contributed by atoms with Crippen LogP contribution in [-0.4, -0.2) is 61.5 Å². The Bertz CT molecular complexity index is 1640. The normalized spacial score (nSPS) is 13.7. The van der Waals surface area contributed by atoms with Gasteiger partial charge in [0.15, 0.2) is 0 Å². The topological polar surface area (TPSA) is 64.0 Å². The molecule has 3 heterocycles. The van der Waals surface area contributed by atoms with Crippen molar-refractivity contribution in [1.82, 2.24) is 9.47 Å². The maximum atomic E-state index is 13.0. The van der Waals surface area contributed by atoms with Crippen LogP contribution in [0, 0.1) is 0 Å². The van der Waals surface area contributed by atoms with Crippen LogP contribution in [0.5, 0.6) is 5.75 Å². The molecule has 0 unspecified atom stereocenters. The molecular weight excluding hydrogens is 643 g/mol. The first-order valence-corrected chi connectivity index (χ1v) is 20.4. The number of benzene rings is 2. The molecule has 1 aliphatic heterocycles. The molecule has 0 N–H and O–H groups in total. The minimum absolute atomic E-state index is 0.329. The number of piperazine rings is 1. The van der Waals surface area contributed by atoms with Crippen LogP contribution in [0.1, 0.15) is 110 Å². The van der Waals surface area contributed by atoms with Crippen molar-refractivity contribution in [2.24, 2.45) is 0 Å². The van der Waals surface area contributed by atoms with Crippen molar-refractivity contribution < 1.29 is 14.3 Å². The van der Waals surface area contributed by atoms with E-state index in [1.165, 1.54) is 92.5 Å². The third-order valence-corrected chi connectivity index (χ3v) is 11.0. The van der Waals surface area contributed by atoms with E-state index < -0.39 is 6.09 Å². The molecule has 2 aromatic carbocycles. The minimum atomic E-state index is -0.612. The first-order valence-electron chi connectivity index (χ1n) is 19.5. The summed E-state index contributed by atoms with van der Waals surface area (Å²) in [4.78, 5) is 30.8. The Morgan fingerprint density at radius 2 is 1.38 bits per heavy atom. The molecule has 5 rings (SSSR count). The van der Waals surface area contributed by atoms with Crippen LogP contribution in [0.2, 0.25) is 0 Å². The standard InChI is InChI=1S/C42H59N3O4S/c1-2-3-4-5-6-7-8-9-10-11-12-13-14-16-32-49-42(47)45-39-34-36(23-21-35(39)22-24-41(45)46)48-31-17-15-26-43-27-29-44(30-28-43)38-19-18-20-40-37(38)25-33-50-40/h18-25,33-34H,2-17,26-32H2,1H3. The summed E-state index contributed by atoms with van der Waals surface area (Å²) in [7, 11) is 0. The van der Waals surface area contributed by atoms with Crippen LogP contribution in [0.4, 0.5) is 10.5 Å². The van der Waals surface area contributed by atoms with Crippen LogP contribution >= 0.6 is 11.3 Å². The number of carbonyl (C=O) groups is 1. The van der Waals surface area contributed by atoms with E-state index in [0.717, 1.165) is 74.8 Å². The molecule has 0 amide bonds. The maximum Gasteiger partial charge on any atom is 0.421 e. The molecule has 7 nitrogen and oxygen atoms in total. The summed E-state index contributed by atoms with van der Waals surface area (Å²) in [6.45, 7) is 8.48. The zero-order chi connectivity index (χ0) is 34.8. The van der Waals surface area contributed by atoms with E-state index in [9.17, 15) is 9.59 Å². The van der Waals surface area contributed by atoms with Crippen molar-refractivity contribution in [2.45, 2.75) is 110 Å². The third-order valence-electron chi connectivity index (χ3n) is 10.1. The van der Waals surface area contributed by atoms with Gasteiger partial charge in [0.05, 0.1) is 18.7 Å². The SMILES string of the molecule is CCCCCCCCCCCCCCCCOC(=O)n1c(=O)ccc2ccc(OCCCCN3CCN(c4cccc5sccc45)CC3)cc21. The molecule has 0 aliphatic carbocycles. The molecule has 1 aliphatic rings. The number of carbonyl (C=O) groups excluding carboxylic acids is 1. The van der Waals surface area contributed by atoms with Crippen LogP contribution in [-0.2, 0) is 4.74 Å². The van der Waals surface area contributed by atoms with Gasteiger partial charge in [0.2, 0.25) is 0 Å². The molecular formula is C42H59N3O4S. The summed E-state index contributed by atoms with van der Waals surface area (Å²) in [5, 5.41) is 4.35. The molecule has 0 spiro atoms. The molecule has 0 atom stereocenters. The highest BCUT2D eigenvalue weighted by Crippen LogP contribution is 2.31. The summed E-state index contributed by atoms with van der Waals surface area (Å²) >= 11 is 1.81. The Morgan fingerprint density at radius 1 is 0.720 bits per heavy atom. The van der Waals surface area contributed by atoms with Gasteiger partial charge in [0.25, 0.3) is 5.56 Å². The molecule has 8 heteroatoms. The quantitative estimate of drug-likeness (QED) is 0.0760. The lowest BCUT2D eigenvalue weighted by atomic mass is 10.0. The van der Waals surface area contributed by atoms with Gasteiger partial charge in [-0.25, -0.2) is 9.36 Å². The fourth-order valence-electron chi connectivity index (χ4n) is 7.10. The first kappa shape index (κ1) is 37.9. The van der Waals surface area contributed by atoms with E-state index in [0.29, 0.717) is 24.5 Å². The molecule has 0 saturated carbocycles. The number of anilines is 1. The molecule has 0 bridgehead atoms. The second-order valence-corrected chi connectivity index (χ2v) is 14.9. The van der Waals surface area contributed by atoms with E-state index in [4.69, 9.17) is 9.47 Å². The highest BCUT2D eigenvalue weighted by atomic mass is 32.1. The van der Waals surface area contributed by atoms with Crippen molar-refractivity contribution in [2.75, 3.05) is 50.8 Å². The van der Waals surface area contributed by atoms with Gasteiger partial charge in [-0.2, -0.15) is 0 Å². The van der Waals surface area contributed by atoms with Crippen LogP contribution < -0.4 is 15.2 Å². The van der Waals surface area contributed by atoms with Crippen molar-refractivity contribution in [3.63, 3.8) is 0 Å². The fraction of sp³-hybridized carbons (Fsp3) is 0.571. The number of fused-ring (bicyclic) bond motifs is 2. The summed E-state index contributed by atoms with van der Waals surface area (Å²) in [6.07, 6.45) is 19.3. The largest absolute Gasteiger partial charge is 0.494 e. The lowest BCUT2D eigenvalue weighted by molar-refractivity contribution is 0.145. The summed E-state index contributed by atoms with van der Waals surface area (Å²) in [5.41, 5.74) is 1.50. The number of aromatic nitrogens is 1. The number of ether oxygens (including phenoxy) is 2. The smallest absolute Gasteiger partial charge is 0.421 e. The van der Waals surface area contributed by atoms with E-state index in [2.05, 4.69) is 46.4 Å². The maximum absolute atomic E-state index is 13.0. The van der Waals surface area contributed by atoms with Gasteiger partial charge >= 0.3 is 6.09 Å². The van der Waals surface area contributed by atoms with Gasteiger partial charge in [0, 0.05) is 54.1 Å². The van der Waals surface area contributed by atoms with Crippen LogP contribution in [0.25, 0.3) is 21.0 Å². The van der Waals surface area contributed by atoms with E-state index >= 15 is 0 Å². The number of pyridine rings is 1. The van der Waals surface area contributed by atoms with Gasteiger partial charge in [0.1, 0.15) is 5.75 Å². The average Bonchev–Trinajstić information content (AvgIpc) is 3.63. The third kappa shape index (κ3) is 11.6. The zero-order valence-electron chi connectivity index (χ0n) is 30.4. The van der Waals surface area contributed by atoms with Crippen molar-refractivity contribution in [3.05, 3.63) is 70.3 Å².